The van der Waals surface area contributed by atoms with Crippen LogP contribution in [-0.4, -0.2) is 17.1 Å². The summed E-state index contributed by atoms with van der Waals surface area (Å²) in [6, 6.07) is 33.4. The van der Waals surface area contributed by atoms with E-state index in [4.69, 9.17) is 4.74 Å². The van der Waals surface area contributed by atoms with Crippen molar-refractivity contribution in [2.24, 2.45) is 5.10 Å². The summed E-state index contributed by atoms with van der Waals surface area (Å²) in [5, 5.41) is 5.16. The molecule has 5 heteroatoms. The fourth-order valence-electron chi connectivity index (χ4n) is 3.79. The number of para-hydroxylation sites is 2. The summed E-state index contributed by atoms with van der Waals surface area (Å²) < 4.78 is 6.09. The zero-order chi connectivity index (χ0) is 23.2. The summed E-state index contributed by atoms with van der Waals surface area (Å²) >= 11 is 0. The van der Waals surface area contributed by atoms with Gasteiger partial charge in [-0.15, -0.1) is 0 Å². The molecule has 0 saturated heterocycles. The van der Waals surface area contributed by atoms with Crippen LogP contribution in [-0.2, 0) is 6.61 Å². The van der Waals surface area contributed by atoms with Gasteiger partial charge in [0.05, 0.1) is 6.21 Å². The number of carbonyl (C=O) groups excluding carboxylic acids is 1. The Morgan fingerprint density at radius 3 is 2.44 bits per heavy atom. The van der Waals surface area contributed by atoms with Crippen LogP contribution in [0.4, 0.5) is 0 Å². The van der Waals surface area contributed by atoms with Gasteiger partial charge in [-0.25, -0.2) is 5.43 Å². The predicted molar refractivity (Wildman–Crippen MR) is 136 cm³/mol. The topological polar surface area (TPSA) is 66.5 Å². The number of H-pyrrole nitrogens is 1. The summed E-state index contributed by atoms with van der Waals surface area (Å²) in [4.78, 5) is 15.6. The van der Waals surface area contributed by atoms with Crippen LogP contribution in [0.2, 0.25) is 0 Å². The molecule has 166 valence electrons. The second kappa shape index (κ2) is 9.88. The standard InChI is InChI=1S/C29H23N3O2/c33-29(32-31-19-24-18-30-27-12-6-4-10-25(24)27)23-16-14-21(15-17-23)20-34-28-13-7-5-11-26(28)22-8-2-1-3-9-22/h1-19,30H,20H2,(H,32,33). The van der Waals surface area contributed by atoms with Crippen molar-refractivity contribution in [2.45, 2.75) is 6.61 Å². The number of nitrogens with one attached hydrogen (secondary N) is 2. The fraction of sp³-hybridized carbons (Fsp3) is 0.0345. The Kier molecular flexibility index (Phi) is 6.16. The van der Waals surface area contributed by atoms with Crippen molar-refractivity contribution in [1.82, 2.24) is 10.4 Å². The Labute approximate surface area is 197 Å². The van der Waals surface area contributed by atoms with Crippen LogP contribution in [0.15, 0.2) is 114 Å². The van der Waals surface area contributed by atoms with Crippen LogP contribution in [0.25, 0.3) is 22.0 Å². The molecule has 5 nitrogen and oxygen atoms in total. The van der Waals surface area contributed by atoms with Crippen LogP contribution < -0.4 is 10.2 Å². The number of hydrogen-bond acceptors (Lipinski definition) is 3. The first-order valence-electron chi connectivity index (χ1n) is 11.0. The van der Waals surface area contributed by atoms with E-state index in [1.54, 1.807) is 18.3 Å². The molecule has 1 heterocycles. The maximum absolute atomic E-state index is 12.5. The highest BCUT2D eigenvalue weighted by Gasteiger charge is 2.08. The average molecular weight is 446 g/mol. The molecule has 0 atom stereocenters. The highest BCUT2D eigenvalue weighted by molar-refractivity contribution is 6.00. The molecule has 0 unspecified atom stereocenters. The minimum Gasteiger partial charge on any atom is -0.488 e. The Hall–Kier alpha value is -4.64. The van der Waals surface area contributed by atoms with Gasteiger partial charge >= 0.3 is 0 Å². The monoisotopic (exact) mass is 445 g/mol. The van der Waals surface area contributed by atoms with Gasteiger partial charge in [-0.05, 0) is 35.4 Å². The summed E-state index contributed by atoms with van der Waals surface area (Å²) in [7, 11) is 0. The predicted octanol–water partition coefficient (Wildman–Crippen LogP) is 6.18. The lowest BCUT2D eigenvalue weighted by Crippen LogP contribution is -2.17. The lowest BCUT2D eigenvalue weighted by molar-refractivity contribution is 0.0955. The van der Waals surface area contributed by atoms with E-state index in [0.717, 1.165) is 38.9 Å². The van der Waals surface area contributed by atoms with Gasteiger partial charge in [0.1, 0.15) is 12.4 Å². The summed E-state index contributed by atoms with van der Waals surface area (Å²) in [5.41, 5.74) is 8.20. The Morgan fingerprint density at radius 1 is 0.853 bits per heavy atom. The first-order valence-corrected chi connectivity index (χ1v) is 11.0. The quantitative estimate of drug-likeness (QED) is 0.232. The van der Waals surface area contributed by atoms with Crippen LogP contribution in [0.3, 0.4) is 0 Å². The molecule has 0 spiro atoms. The number of hydrogen-bond donors (Lipinski definition) is 2. The molecule has 0 radical (unpaired) electrons. The number of hydrazone groups is 1. The van der Waals surface area contributed by atoms with Gasteiger partial charge in [-0.1, -0.05) is 78.9 Å². The molecule has 0 aliphatic rings. The molecule has 5 rings (SSSR count). The van der Waals surface area contributed by atoms with Gasteiger partial charge < -0.3 is 9.72 Å². The van der Waals surface area contributed by atoms with E-state index in [1.807, 2.05) is 79.0 Å². The lowest BCUT2D eigenvalue weighted by Gasteiger charge is -2.12. The van der Waals surface area contributed by atoms with Crippen molar-refractivity contribution in [3.05, 3.63) is 126 Å². The van der Waals surface area contributed by atoms with E-state index >= 15 is 0 Å². The number of aromatic amines is 1. The maximum Gasteiger partial charge on any atom is 0.271 e. The molecule has 1 amide bonds. The third kappa shape index (κ3) is 4.74. The molecule has 1 aromatic heterocycles. The summed E-state index contributed by atoms with van der Waals surface area (Å²) in [5.74, 6) is 0.556. The zero-order valence-corrected chi connectivity index (χ0v) is 18.4. The van der Waals surface area contributed by atoms with Crippen LogP contribution in [0, 0.1) is 0 Å². The summed E-state index contributed by atoms with van der Waals surface area (Å²) in [6.07, 6.45) is 3.51. The normalized spacial score (nSPS) is 11.1. The largest absolute Gasteiger partial charge is 0.488 e. The SMILES string of the molecule is O=C(NN=Cc1c[nH]c2ccccc12)c1ccc(COc2ccccc2-c2ccccc2)cc1. The van der Waals surface area contributed by atoms with Crippen LogP contribution >= 0.6 is 0 Å². The van der Waals surface area contributed by atoms with Gasteiger partial charge in [0.15, 0.2) is 0 Å². The van der Waals surface area contributed by atoms with Crippen LogP contribution in [0.5, 0.6) is 5.75 Å². The van der Waals surface area contributed by atoms with Gasteiger partial charge in [-0.2, -0.15) is 5.10 Å². The van der Waals surface area contributed by atoms with E-state index in [0.29, 0.717) is 12.2 Å². The Morgan fingerprint density at radius 2 is 1.59 bits per heavy atom. The molecular formula is C29H23N3O2. The molecule has 34 heavy (non-hydrogen) atoms. The van der Waals surface area contributed by atoms with Gasteiger partial charge in [0.25, 0.3) is 5.91 Å². The number of benzene rings is 4. The smallest absolute Gasteiger partial charge is 0.271 e. The molecule has 0 fully saturated rings. The number of aromatic nitrogens is 1. The van der Waals surface area contributed by atoms with E-state index in [1.165, 1.54) is 0 Å². The molecule has 0 aliphatic carbocycles. The number of fused-ring (bicyclic) bond motifs is 1. The highest BCUT2D eigenvalue weighted by atomic mass is 16.5. The number of nitrogens with zero attached hydrogens (tertiary/aromatic N) is 1. The van der Waals surface area contributed by atoms with Crippen molar-refractivity contribution in [1.29, 1.82) is 0 Å². The number of rotatable bonds is 7. The van der Waals surface area contributed by atoms with Crippen molar-refractivity contribution < 1.29 is 9.53 Å². The van der Waals surface area contributed by atoms with Crippen molar-refractivity contribution >= 4 is 23.0 Å². The van der Waals surface area contributed by atoms with Crippen molar-refractivity contribution in [3.8, 4) is 16.9 Å². The summed E-state index contributed by atoms with van der Waals surface area (Å²) in [6.45, 7) is 0.407. The zero-order valence-electron chi connectivity index (χ0n) is 18.4. The number of ether oxygens (including phenoxy) is 1. The third-order valence-corrected chi connectivity index (χ3v) is 5.57. The van der Waals surface area contributed by atoms with E-state index in [9.17, 15) is 4.79 Å². The molecule has 0 bridgehead atoms. The molecule has 4 aromatic carbocycles. The Balaban J connectivity index is 1.20. The second-order valence-corrected chi connectivity index (χ2v) is 7.84. The molecule has 2 N–H and O–H groups in total. The third-order valence-electron chi connectivity index (χ3n) is 5.57. The molecular weight excluding hydrogens is 422 g/mol. The number of carbonyl (C=O) groups is 1. The van der Waals surface area contributed by atoms with E-state index < -0.39 is 0 Å². The molecule has 0 saturated carbocycles. The van der Waals surface area contributed by atoms with Crippen molar-refractivity contribution in [3.63, 3.8) is 0 Å². The Bertz CT molecular complexity index is 1440. The first-order chi connectivity index (χ1) is 16.8. The van der Waals surface area contributed by atoms with Gasteiger partial charge in [0.2, 0.25) is 0 Å². The highest BCUT2D eigenvalue weighted by Crippen LogP contribution is 2.30. The van der Waals surface area contributed by atoms with E-state index in [-0.39, 0.29) is 5.91 Å². The average Bonchev–Trinajstić information content (AvgIpc) is 3.31. The lowest BCUT2D eigenvalue weighted by atomic mass is 10.0. The molecule has 5 aromatic rings. The van der Waals surface area contributed by atoms with Crippen molar-refractivity contribution in [2.75, 3.05) is 0 Å². The minimum atomic E-state index is -0.266. The maximum atomic E-state index is 12.5. The molecule has 0 aliphatic heterocycles. The van der Waals surface area contributed by atoms with Crippen LogP contribution in [0.1, 0.15) is 21.5 Å². The van der Waals surface area contributed by atoms with Gasteiger partial charge in [-0.3, -0.25) is 4.79 Å². The fourth-order valence-corrected chi connectivity index (χ4v) is 3.79. The number of amides is 1. The van der Waals surface area contributed by atoms with E-state index in [2.05, 4.69) is 33.7 Å². The minimum absolute atomic E-state index is 0.266. The second-order valence-electron chi connectivity index (χ2n) is 7.84. The van der Waals surface area contributed by atoms with Gasteiger partial charge in [0, 0.05) is 33.8 Å². The first kappa shape index (κ1) is 21.2.